The summed E-state index contributed by atoms with van der Waals surface area (Å²) in [4.78, 5) is 70.1. The van der Waals surface area contributed by atoms with Gasteiger partial charge in [-0.1, -0.05) is 70.4 Å². The fourth-order valence-corrected chi connectivity index (χ4v) is 11.0. The minimum atomic E-state index is -3.72. The van der Waals surface area contributed by atoms with Crippen LogP contribution in [-0.4, -0.2) is 185 Å². The Morgan fingerprint density at radius 3 is 1.30 bits per heavy atom. The molecule has 0 bridgehead atoms. The van der Waals surface area contributed by atoms with E-state index in [0.29, 0.717) is 104 Å². The second-order valence-corrected chi connectivity index (χ2v) is 32.2. The number of aromatic nitrogens is 10. The zero-order valence-corrected chi connectivity index (χ0v) is 71.6. The number of nitrogen functional groups attached to an aromatic ring is 1. The number of aliphatic hydroxyl groups excluding tert-OH is 2. The monoisotopic (exact) mass is 1760 g/mol. The number of carbonyl (C=O) groups excluding carboxylic acids is 2. The molecule has 2 amide bonds. The van der Waals surface area contributed by atoms with E-state index in [2.05, 4.69) is 92.5 Å². The van der Waals surface area contributed by atoms with Gasteiger partial charge in [-0.2, -0.15) is 8.42 Å². The molecule has 1 aliphatic heterocycles. The second kappa shape index (κ2) is 48.6. The number of hydrogen-bond acceptors (Lipinski definition) is 35. The van der Waals surface area contributed by atoms with E-state index in [1.165, 1.54) is 91.8 Å². The molecule has 14 rings (SSSR count). The first-order chi connectivity index (χ1) is 53.9. The molecule has 0 saturated heterocycles. The van der Waals surface area contributed by atoms with Gasteiger partial charge in [-0.3, -0.25) is 14.6 Å². The zero-order valence-electron chi connectivity index (χ0n) is 63.2. The van der Waals surface area contributed by atoms with Gasteiger partial charge in [0.1, 0.15) is 62.9 Å². The van der Waals surface area contributed by atoms with Crippen molar-refractivity contribution in [2.75, 3.05) is 111 Å². The fraction of sp³-hybridized carbons (Fsp3) is 0.429. The molecule has 8 aromatic rings. The number of ether oxygens (including phenoxy) is 6. The van der Waals surface area contributed by atoms with Crippen LogP contribution in [0.1, 0.15) is 96.8 Å². The van der Waals surface area contributed by atoms with Gasteiger partial charge < -0.3 is 71.4 Å². The molecule has 32 nitrogen and oxygen atoms in total. The average molecular weight is 1760 g/mol. The number of fused-ring (bicyclic) bond motifs is 1. The molecule has 5 fully saturated rings. The Labute approximate surface area is 692 Å². The van der Waals surface area contributed by atoms with Crippen LogP contribution in [0, 0.1) is 0 Å². The number of nitrogens with one attached hydrogen (secondary N) is 4. The third-order valence-electron chi connectivity index (χ3n) is 15.6. The van der Waals surface area contributed by atoms with Crippen molar-refractivity contribution >= 4 is 153 Å². The Morgan fingerprint density at radius 1 is 0.545 bits per heavy atom. The molecule has 0 spiro atoms. The fourth-order valence-electron chi connectivity index (χ4n) is 9.09. The van der Waals surface area contributed by atoms with Gasteiger partial charge >= 0.3 is 36.8 Å². The van der Waals surface area contributed by atoms with Crippen LogP contribution in [0.4, 0.5) is 45.1 Å². The molecule has 5 aromatic heterocycles. The molecular weight excluding hydrogens is 1670 g/mol. The molecule has 6 aliphatic rings. The number of halogens is 3. The number of nitrogens with zero attached hydrogens (tertiary/aromatic N) is 12. The first kappa shape index (κ1) is 93.2. The predicted molar refractivity (Wildman–Crippen MR) is 438 cm³/mol. The quantitative estimate of drug-likeness (QED) is 0.00501. The summed E-state index contributed by atoms with van der Waals surface area (Å²) in [6.45, 7) is 0.916. The van der Waals surface area contributed by atoms with E-state index in [1.54, 1.807) is 96.0 Å². The normalized spacial score (nSPS) is 14.0. The van der Waals surface area contributed by atoms with E-state index >= 15 is 0 Å². The first-order valence-electron chi connectivity index (χ1n) is 34.1. The number of thioether (sulfide) groups is 5. The molecule has 112 heavy (non-hydrogen) atoms. The van der Waals surface area contributed by atoms with Crippen molar-refractivity contribution in [2.45, 2.75) is 147 Å². The maximum absolute atomic E-state index is 13.3. The van der Waals surface area contributed by atoms with Crippen LogP contribution < -0.4 is 71.0 Å². The van der Waals surface area contributed by atoms with Crippen LogP contribution in [0.15, 0.2) is 111 Å². The average Bonchev–Trinajstić information content (AvgIpc) is 1.31. The SMILES string of the molecule is COc1cc(N)cc(OC)c1.COc1cc(NCc2cnc(SC)nc2NC2CC2)cc(OC)c1.COc1cc(OC)cc(N2Cc3cnc(SC)nc3N(C3CC3)C2=O)c1.CSc1ncc(C=O)c(NC2CC2)n1.CSc1ncc(CO)c(Cl)n1.CSc1ncc(CO)c(NC2CC2)n1.NC1CC1.O=S(=O)(Cl)Cl.[O]=[Mn]=[O]. The second-order valence-electron chi connectivity index (χ2n) is 24.1. The topological polar surface area (TPSA) is 434 Å². The van der Waals surface area contributed by atoms with E-state index in [1.807, 2.05) is 78.9 Å². The number of carbonyl (C=O) groups is 2. The number of amides is 2. The first-order valence-corrected chi connectivity index (χ1v) is 44.7. The van der Waals surface area contributed by atoms with E-state index in [0.717, 1.165) is 99.3 Å². The van der Waals surface area contributed by atoms with Gasteiger partial charge in [0.05, 0.1) is 73.7 Å². The van der Waals surface area contributed by atoms with Crippen LogP contribution in [0.3, 0.4) is 0 Å². The van der Waals surface area contributed by atoms with Crippen LogP contribution in [0.2, 0.25) is 5.15 Å². The van der Waals surface area contributed by atoms with Gasteiger partial charge in [-0.25, -0.2) is 54.6 Å². The molecule has 3 aromatic carbocycles. The minimum absolute atomic E-state index is 0.0102. The van der Waals surface area contributed by atoms with Gasteiger partial charge in [-0.15, -0.1) is 0 Å². The van der Waals surface area contributed by atoms with E-state index in [4.69, 9.17) is 77.8 Å². The summed E-state index contributed by atoms with van der Waals surface area (Å²) in [5.74, 6) is 7.32. The van der Waals surface area contributed by atoms with Gasteiger partial charge in [0.15, 0.2) is 32.1 Å². The van der Waals surface area contributed by atoms with E-state index in [9.17, 15) is 9.59 Å². The molecule has 5 aliphatic carbocycles. The number of rotatable bonds is 25. The summed E-state index contributed by atoms with van der Waals surface area (Å²) in [6.07, 6.45) is 30.6. The zero-order chi connectivity index (χ0) is 81.9. The molecule has 42 heteroatoms. The third-order valence-corrected chi connectivity index (χ3v) is 18.7. The van der Waals surface area contributed by atoms with Crippen molar-refractivity contribution in [3.63, 3.8) is 0 Å². The van der Waals surface area contributed by atoms with Crippen LogP contribution >= 0.6 is 91.8 Å². The number of benzene rings is 3. The van der Waals surface area contributed by atoms with Gasteiger partial charge in [0.2, 0.25) is 0 Å². The van der Waals surface area contributed by atoms with E-state index < -0.39 is 23.1 Å². The van der Waals surface area contributed by atoms with Crippen molar-refractivity contribution in [1.82, 2.24) is 49.8 Å². The summed E-state index contributed by atoms with van der Waals surface area (Å²) < 4.78 is 66.4. The number of methoxy groups -OCH3 is 6. The van der Waals surface area contributed by atoms with Gasteiger partial charge in [0.25, 0.3) is 0 Å². The standard InChI is InChI=1S/C18H20N4O3S.C17H22N4O2S.C9H13N3OS.C9H11N3OS.C8H11NO2.C6H7ClN2OS.C3H7N.Cl2O2S.Mn.2O/c1-24-14-6-13(7-15(8-14)25-2)21-10-11-9-19-17(26-3)20-16(11)22(18(21)23)12-4-5-12;1-22-14-6-13(7-15(8-14)23-2)18-9-11-10-19-17(24-3)21-16(11)20-12-4-5-12;2*1-14-9-10-4-6(5-13)8(12-9)11-7-2-3-7;1-10-7-3-6(9)4-8(5-7)11-2;1-11-6-8-2-4(3-10)5(7)9-6;4-3-1-2-3;1-5(2,3)4;;;/h6-9,12H,4-5,10H2,1-3H3;6-8,10,12,18H,4-5,9H2,1-3H3,(H,19,20,21);4,7,13H,2-3,5H2,1H3,(H,10,11,12);4-5,7H,2-3H2,1H3,(H,10,11,12);3-5H,9H2,1-2H3;2,10H,3H2,1H3;3H,1-2,4H2;;;;. The summed E-state index contributed by atoms with van der Waals surface area (Å²) in [7, 11) is 14.5. The van der Waals surface area contributed by atoms with Crippen LogP contribution in [0.25, 0.3) is 0 Å². The van der Waals surface area contributed by atoms with Crippen molar-refractivity contribution in [2.24, 2.45) is 5.73 Å². The van der Waals surface area contributed by atoms with Gasteiger partial charge in [0, 0.05) is 177 Å². The molecule has 5 saturated carbocycles. The summed E-state index contributed by atoms with van der Waals surface area (Å²) in [6, 6.07) is 18.8. The van der Waals surface area contributed by atoms with Crippen molar-refractivity contribution in [1.29, 1.82) is 0 Å². The maximum atomic E-state index is 13.3. The third kappa shape index (κ3) is 33.4. The summed E-state index contributed by atoms with van der Waals surface area (Å²) >= 11 is 11.7. The predicted octanol–water partition coefficient (Wildman–Crippen LogP) is 12.8. The van der Waals surface area contributed by atoms with Crippen molar-refractivity contribution in [3.05, 3.63) is 119 Å². The summed E-state index contributed by atoms with van der Waals surface area (Å²) in [5, 5.41) is 35.0. The molecular formula is C70H91Cl3MnN18O14S6. The van der Waals surface area contributed by atoms with Crippen molar-refractivity contribution in [3.8, 4) is 34.5 Å². The van der Waals surface area contributed by atoms with Crippen LogP contribution in [-0.2, 0) is 57.1 Å². The number of urea groups is 1. The molecule has 0 radical (unpaired) electrons. The van der Waals surface area contributed by atoms with Crippen LogP contribution in [0.5, 0.6) is 34.5 Å². The number of aldehydes is 1. The Morgan fingerprint density at radius 2 is 0.911 bits per heavy atom. The Bertz CT molecular complexity index is 4420. The van der Waals surface area contributed by atoms with Crippen molar-refractivity contribution < 1.29 is 79.1 Å². The molecule has 0 unspecified atom stereocenters. The Hall–Kier alpha value is -7.63. The number of hydrogen-bond donors (Lipinski definition) is 8. The Kier molecular flexibility index (Phi) is 40.4. The Balaban J connectivity index is 0.000000209. The molecule has 0 atom stereocenters. The molecule has 6 heterocycles. The summed E-state index contributed by atoms with van der Waals surface area (Å²) in [5.41, 5.74) is 16.9. The number of anilines is 7. The van der Waals surface area contributed by atoms with E-state index in [-0.39, 0.29) is 25.3 Å². The van der Waals surface area contributed by atoms with Gasteiger partial charge in [-0.05, 0) is 95.5 Å². The molecule has 609 valence electrons. The molecule has 10 N–H and O–H groups in total. The number of nitrogens with two attached hydrogens (primary N) is 2. The number of aliphatic hydroxyl groups is 2.